The number of carbonyl (C=O) groups excluding carboxylic acids is 2. The van der Waals surface area contributed by atoms with Crippen LogP contribution >= 0.6 is 0 Å². The van der Waals surface area contributed by atoms with Crippen molar-refractivity contribution >= 4 is 23.1 Å². The first-order valence-electron chi connectivity index (χ1n) is 10.1. The fourth-order valence-corrected chi connectivity index (χ4v) is 3.02. The van der Waals surface area contributed by atoms with Crippen LogP contribution in [0.1, 0.15) is 47.0 Å². The average molecular weight is 390 g/mol. The lowest BCUT2D eigenvalue weighted by atomic mass is 9.90. The summed E-state index contributed by atoms with van der Waals surface area (Å²) in [6.45, 7) is 9.56. The lowest BCUT2D eigenvalue weighted by Gasteiger charge is -2.31. The molecule has 1 aliphatic rings. The van der Waals surface area contributed by atoms with Crippen LogP contribution in [0.4, 0.5) is 11.4 Å². The number of carbonyl (C=O) groups is 2. The van der Waals surface area contributed by atoms with E-state index in [0.29, 0.717) is 23.0 Å². The number of benzene rings is 1. The third kappa shape index (κ3) is 6.14. The number of nitrogens with zero attached hydrogens (tertiary/aromatic N) is 2. The number of hydrogen-bond acceptors (Lipinski definition) is 5. The zero-order valence-corrected chi connectivity index (χ0v) is 18.0. The second kappa shape index (κ2) is 9.30. The fraction of sp³-hybridized carbons (Fsp3) is 0.636. The van der Waals surface area contributed by atoms with E-state index in [2.05, 4.69) is 6.92 Å². The molecule has 1 saturated carbocycles. The largest absolute Gasteiger partial charge is 0.497 e. The van der Waals surface area contributed by atoms with Crippen molar-refractivity contribution in [2.24, 2.45) is 11.3 Å². The molecule has 0 saturated heterocycles. The summed E-state index contributed by atoms with van der Waals surface area (Å²) in [7, 11) is 1.59. The maximum atomic E-state index is 13.1. The number of Topliss-reactive ketones (excluding diaryl/α,β-unsaturated/α-hetero) is 1. The van der Waals surface area contributed by atoms with Crippen molar-refractivity contribution in [1.29, 1.82) is 0 Å². The highest BCUT2D eigenvalue weighted by Gasteiger charge is 2.29. The van der Waals surface area contributed by atoms with Crippen LogP contribution in [0, 0.1) is 11.3 Å². The van der Waals surface area contributed by atoms with E-state index in [9.17, 15) is 9.59 Å². The first-order valence-corrected chi connectivity index (χ1v) is 10.1. The van der Waals surface area contributed by atoms with Gasteiger partial charge in [-0.15, -0.1) is 0 Å². The Morgan fingerprint density at radius 3 is 2.43 bits per heavy atom. The van der Waals surface area contributed by atoms with Crippen molar-refractivity contribution < 1.29 is 14.3 Å². The number of amides is 1. The van der Waals surface area contributed by atoms with Gasteiger partial charge in [0.2, 0.25) is 5.91 Å². The van der Waals surface area contributed by atoms with Crippen LogP contribution in [-0.4, -0.2) is 49.9 Å². The number of nitrogen functional groups attached to an aromatic ring is 1. The van der Waals surface area contributed by atoms with Gasteiger partial charge in [0.25, 0.3) is 0 Å². The van der Waals surface area contributed by atoms with Crippen LogP contribution in [0.15, 0.2) is 18.2 Å². The molecule has 0 bridgehead atoms. The second-order valence-electron chi connectivity index (χ2n) is 8.74. The van der Waals surface area contributed by atoms with Gasteiger partial charge in [0.05, 0.1) is 31.6 Å². The smallest absolute Gasteiger partial charge is 0.242 e. The fourth-order valence-electron chi connectivity index (χ4n) is 3.02. The van der Waals surface area contributed by atoms with Crippen molar-refractivity contribution in [3.05, 3.63) is 18.2 Å². The average Bonchev–Trinajstić information content (AvgIpc) is 3.44. The molecule has 0 radical (unpaired) electrons. The molecule has 156 valence electrons. The van der Waals surface area contributed by atoms with E-state index in [-0.39, 0.29) is 24.8 Å². The van der Waals surface area contributed by atoms with Crippen LogP contribution in [0.5, 0.6) is 5.75 Å². The Kier molecular flexibility index (Phi) is 7.33. The summed E-state index contributed by atoms with van der Waals surface area (Å²) in [5.41, 5.74) is 6.89. The quantitative estimate of drug-likeness (QED) is 0.621. The molecule has 0 unspecified atom stereocenters. The summed E-state index contributed by atoms with van der Waals surface area (Å²) in [6.07, 6.45) is 3.31. The Morgan fingerprint density at radius 2 is 1.89 bits per heavy atom. The Morgan fingerprint density at radius 1 is 1.21 bits per heavy atom. The molecule has 0 heterocycles. The number of methoxy groups -OCH3 is 1. The van der Waals surface area contributed by atoms with Crippen LogP contribution < -0.4 is 15.4 Å². The topological polar surface area (TPSA) is 75.9 Å². The molecule has 0 atom stereocenters. The van der Waals surface area contributed by atoms with E-state index >= 15 is 0 Å². The highest BCUT2D eigenvalue weighted by Crippen LogP contribution is 2.31. The van der Waals surface area contributed by atoms with Gasteiger partial charge in [-0.2, -0.15) is 0 Å². The van der Waals surface area contributed by atoms with Crippen LogP contribution in [-0.2, 0) is 9.59 Å². The van der Waals surface area contributed by atoms with E-state index < -0.39 is 5.41 Å². The maximum absolute atomic E-state index is 13.1. The number of ether oxygens (including phenoxy) is 1. The first kappa shape index (κ1) is 22.1. The van der Waals surface area contributed by atoms with E-state index in [0.717, 1.165) is 19.5 Å². The molecule has 28 heavy (non-hydrogen) atoms. The van der Waals surface area contributed by atoms with Crippen LogP contribution in [0.3, 0.4) is 0 Å². The molecule has 2 rings (SSSR count). The minimum Gasteiger partial charge on any atom is -0.497 e. The molecule has 6 nitrogen and oxygen atoms in total. The van der Waals surface area contributed by atoms with E-state index in [1.165, 1.54) is 12.8 Å². The Bertz CT molecular complexity index is 693. The van der Waals surface area contributed by atoms with Gasteiger partial charge in [0.15, 0.2) is 5.78 Å². The predicted octanol–water partition coefficient (Wildman–Crippen LogP) is 3.35. The van der Waals surface area contributed by atoms with Crippen LogP contribution in [0.25, 0.3) is 0 Å². The predicted molar refractivity (Wildman–Crippen MR) is 114 cm³/mol. The number of hydrogen-bond donors (Lipinski definition) is 1. The number of rotatable bonds is 10. The molecular weight excluding hydrogens is 354 g/mol. The monoisotopic (exact) mass is 389 g/mol. The molecule has 0 aliphatic heterocycles. The lowest BCUT2D eigenvalue weighted by Crippen LogP contribution is -2.45. The van der Waals surface area contributed by atoms with Gasteiger partial charge in [-0.3, -0.25) is 9.59 Å². The van der Waals surface area contributed by atoms with Crippen molar-refractivity contribution in [2.45, 2.75) is 47.0 Å². The highest BCUT2D eigenvalue weighted by molar-refractivity contribution is 5.92. The molecule has 1 amide bonds. The number of nitrogens with two attached hydrogens (primary N) is 1. The van der Waals surface area contributed by atoms with Gasteiger partial charge >= 0.3 is 0 Å². The summed E-state index contributed by atoms with van der Waals surface area (Å²) in [5, 5.41) is 0. The second-order valence-corrected chi connectivity index (χ2v) is 8.74. The summed E-state index contributed by atoms with van der Waals surface area (Å²) in [5.74, 6) is 1.37. The third-order valence-electron chi connectivity index (χ3n) is 5.10. The standard InChI is InChI=1S/C22H35N3O3/c1-6-11-24(13-16-7-8-16)21(27)15-25(14-20(26)22(2,3)4)19-12-17(28-5)9-10-18(19)23/h9-10,12,16H,6-8,11,13-15,23H2,1-5H3. The van der Waals surface area contributed by atoms with Gasteiger partial charge in [0, 0.05) is 24.6 Å². The normalized spacial score (nSPS) is 13.9. The third-order valence-corrected chi connectivity index (χ3v) is 5.10. The zero-order valence-electron chi connectivity index (χ0n) is 18.0. The molecule has 0 spiro atoms. The molecule has 1 aliphatic carbocycles. The molecule has 0 aromatic heterocycles. The minimum atomic E-state index is -0.494. The first-order chi connectivity index (χ1) is 13.2. The summed E-state index contributed by atoms with van der Waals surface area (Å²) in [4.78, 5) is 29.5. The van der Waals surface area contributed by atoms with E-state index in [4.69, 9.17) is 10.5 Å². The Balaban J connectivity index is 2.26. The molecule has 2 N–H and O–H groups in total. The molecule has 1 fully saturated rings. The molecular formula is C22H35N3O3. The lowest BCUT2D eigenvalue weighted by molar-refractivity contribution is -0.130. The maximum Gasteiger partial charge on any atom is 0.242 e. The van der Waals surface area contributed by atoms with Crippen molar-refractivity contribution in [3.63, 3.8) is 0 Å². The Labute approximate surface area is 169 Å². The van der Waals surface area contributed by atoms with Gasteiger partial charge in [-0.1, -0.05) is 27.7 Å². The van der Waals surface area contributed by atoms with E-state index in [1.807, 2.05) is 25.7 Å². The Hall–Kier alpha value is -2.24. The zero-order chi connectivity index (χ0) is 20.9. The molecule has 1 aromatic carbocycles. The molecule has 1 aromatic rings. The number of anilines is 2. The van der Waals surface area contributed by atoms with Gasteiger partial charge in [-0.05, 0) is 37.3 Å². The van der Waals surface area contributed by atoms with E-state index in [1.54, 1.807) is 30.2 Å². The van der Waals surface area contributed by atoms with Gasteiger partial charge in [-0.25, -0.2) is 0 Å². The SMILES string of the molecule is CCCN(CC1CC1)C(=O)CN(CC(=O)C(C)(C)C)c1cc(OC)ccc1N. The van der Waals surface area contributed by atoms with Crippen LogP contribution in [0.2, 0.25) is 0 Å². The van der Waals surface area contributed by atoms with Crippen molar-refractivity contribution in [3.8, 4) is 5.75 Å². The summed E-state index contributed by atoms with van der Waals surface area (Å²) in [6, 6.07) is 5.33. The van der Waals surface area contributed by atoms with Crippen molar-refractivity contribution in [2.75, 3.05) is 43.9 Å². The summed E-state index contributed by atoms with van der Waals surface area (Å²) >= 11 is 0. The van der Waals surface area contributed by atoms with Crippen molar-refractivity contribution in [1.82, 2.24) is 4.90 Å². The highest BCUT2D eigenvalue weighted by atomic mass is 16.5. The number of ketones is 1. The van der Waals surface area contributed by atoms with Gasteiger partial charge < -0.3 is 20.3 Å². The molecule has 6 heteroatoms. The summed E-state index contributed by atoms with van der Waals surface area (Å²) < 4.78 is 5.32. The van der Waals surface area contributed by atoms with Gasteiger partial charge in [0.1, 0.15) is 5.75 Å². The minimum absolute atomic E-state index is 0.0395.